The Bertz CT molecular complexity index is 1440. The number of nitrogens with zero attached hydrogens (tertiary/aromatic N) is 2. The normalized spacial score (nSPS) is 17.3. The van der Waals surface area contributed by atoms with Crippen LogP contribution < -0.4 is 10.6 Å². The number of carbonyl (C=O) groups excluding carboxylic acids is 2. The Balaban J connectivity index is 1.47. The summed E-state index contributed by atoms with van der Waals surface area (Å²) in [5.41, 5.74) is 2.34. The van der Waals surface area contributed by atoms with Gasteiger partial charge in [-0.2, -0.15) is 5.10 Å². The zero-order chi connectivity index (χ0) is 24.0. The van der Waals surface area contributed by atoms with Crippen LogP contribution in [-0.4, -0.2) is 45.5 Å². The predicted molar refractivity (Wildman–Crippen MR) is 131 cm³/mol. The van der Waals surface area contributed by atoms with Crippen LogP contribution in [0.4, 0.5) is 13.9 Å². The number of H-pyrrole nitrogens is 1. The first-order valence-corrected chi connectivity index (χ1v) is 12.6. The number of halogens is 3. The summed E-state index contributed by atoms with van der Waals surface area (Å²) >= 11 is 9.00. The standard InChI is InChI=1S/C22H18ClF2N5O2S2/c1-9(31)26-4-5-33-20-18(25)17(23)16(12-8-27-30-19(12)20)10-2-3-14-15(6-10)34-22(28-14)29-21(32)11-7-13(11)24/h2-3,6,8,11,13H,4-5,7H2,1H3,(H,26,31)(H,27,30)(H,28,29,32)/t11-,13+/m1/s1. The molecule has 1 fully saturated rings. The number of carbonyl (C=O) groups is 2. The van der Waals surface area contributed by atoms with Crippen LogP contribution in [0, 0.1) is 11.7 Å². The van der Waals surface area contributed by atoms with E-state index in [-0.39, 0.29) is 23.3 Å². The molecule has 0 spiro atoms. The third-order valence-corrected chi connectivity index (χ3v) is 7.80. The average Bonchev–Trinajstić information content (AvgIpc) is 3.17. The Morgan fingerprint density at radius 1 is 1.38 bits per heavy atom. The molecule has 2 aromatic carbocycles. The fraction of sp³-hybridized carbons (Fsp3) is 0.273. The molecular weight excluding hydrogens is 504 g/mol. The van der Waals surface area contributed by atoms with Crippen molar-refractivity contribution in [1.29, 1.82) is 0 Å². The van der Waals surface area contributed by atoms with Gasteiger partial charge in [0.1, 0.15) is 6.17 Å². The lowest BCUT2D eigenvalue weighted by Gasteiger charge is -2.12. The zero-order valence-electron chi connectivity index (χ0n) is 17.7. The van der Waals surface area contributed by atoms with Crippen molar-refractivity contribution in [2.24, 2.45) is 5.92 Å². The smallest absolute Gasteiger partial charge is 0.232 e. The summed E-state index contributed by atoms with van der Waals surface area (Å²) in [6, 6.07) is 5.37. The predicted octanol–water partition coefficient (Wildman–Crippen LogP) is 5.16. The molecule has 0 radical (unpaired) electrons. The van der Waals surface area contributed by atoms with Crippen LogP contribution >= 0.6 is 34.7 Å². The molecule has 4 aromatic rings. The SMILES string of the molecule is CC(=O)NCCSc1c(F)c(Cl)c(-c2ccc3nc(NC(=O)[C@@H]4C[C@@H]4F)sc3c2)c2cn[nH]c12. The van der Waals surface area contributed by atoms with Gasteiger partial charge in [0.05, 0.1) is 37.8 Å². The molecule has 2 amide bonds. The number of thioether (sulfide) groups is 1. The minimum atomic E-state index is -1.08. The summed E-state index contributed by atoms with van der Waals surface area (Å²) in [4.78, 5) is 27.8. The minimum Gasteiger partial charge on any atom is -0.356 e. The van der Waals surface area contributed by atoms with Gasteiger partial charge in [-0.05, 0) is 24.1 Å². The van der Waals surface area contributed by atoms with Gasteiger partial charge in [0, 0.05) is 30.2 Å². The number of nitrogens with one attached hydrogen (secondary N) is 3. The van der Waals surface area contributed by atoms with Gasteiger partial charge in [-0.1, -0.05) is 29.0 Å². The fourth-order valence-electron chi connectivity index (χ4n) is 3.65. The molecule has 3 N–H and O–H groups in total. The second-order valence-electron chi connectivity index (χ2n) is 7.87. The molecule has 12 heteroatoms. The number of aromatic nitrogens is 3. The van der Waals surface area contributed by atoms with E-state index in [0.717, 1.165) is 4.70 Å². The van der Waals surface area contributed by atoms with Crippen molar-refractivity contribution >= 4 is 72.8 Å². The Kier molecular flexibility index (Phi) is 6.17. The van der Waals surface area contributed by atoms with E-state index in [1.54, 1.807) is 18.3 Å². The number of amides is 2. The second kappa shape index (κ2) is 9.12. The van der Waals surface area contributed by atoms with Crippen LogP contribution in [0.1, 0.15) is 13.3 Å². The van der Waals surface area contributed by atoms with Gasteiger partial charge in [0.15, 0.2) is 10.9 Å². The van der Waals surface area contributed by atoms with E-state index in [0.29, 0.717) is 49.9 Å². The van der Waals surface area contributed by atoms with E-state index in [2.05, 4.69) is 25.8 Å². The number of anilines is 1. The Morgan fingerprint density at radius 2 is 2.18 bits per heavy atom. The highest BCUT2D eigenvalue weighted by atomic mass is 35.5. The van der Waals surface area contributed by atoms with E-state index >= 15 is 4.39 Å². The molecule has 5 rings (SSSR count). The maximum atomic E-state index is 15.3. The number of alkyl halides is 1. The molecule has 0 bridgehead atoms. The molecular formula is C22H18ClF2N5O2S2. The van der Waals surface area contributed by atoms with Crippen LogP contribution in [0.15, 0.2) is 29.3 Å². The summed E-state index contributed by atoms with van der Waals surface area (Å²) in [5, 5.41) is 13.3. The highest BCUT2D eigenvalue weighted by Crippen LogP contribution is 2.43. The van der Waals surface area contributed by atoms with Crippen molar-refractivity contribution < 1.29 is 18.4 Å². The van der Waals surface area contributed by atoms with Gasteiger partial charge >= 0.3 is 0 Å². The molecule has 0 saturated heterocycles. The number of benzene rings is 2. The lowest BCUT2D eigenvalue weighted by atomic mass is 10.0. The fourth-order valence-corrected chi connectivity index (χ4v) is 5.86. The van der Waals surface area contributed by atoms with Crippen LogP contribution in [-0.2, 0) is 9.59 Å². The lowest BCUT2D eigenvalue weighted by molar-refractivity contribution is -0.119. The van der Waals surface area contributed by atoms with Crippen molar-refractivity contribution in [3.05, 3.63) is 35.2 Å². The summed E-state index contributed by atoms with van der Waals surface area (Å²) in [5.74, 6) is -1.23. The van der Waals surface area contributed by atoms with Crippen LogP contribution in [0.5, 0.6) is 0 Å². The Hall–Kier alpha value is -2.76. The van der Waals surface area contributed by atoms with Gasteiger partial charge in [-0.25, -0.2) is 13.8 Å². The van der Waals surface area contributed by atoms with E-state index in [9.17, 15) is 14.0 Å². The van der Waals surface area contributed by atoms with Crippen LogP contribution in [0.3, 0.4) is 0 Å². The van der Waals surface area contributed by atoms with E-state index in [1.807, 2.05) is 6.07 Å². The number of hydrogen-bond acceptors (Lipinski definition) is 6. The third kappa shape index (κ3) is 4.35. The number of hydrogen-bond donors (Lipinski definition) is 3. The van der Waals surface area contributed by atoms with E-state index in [4.69, 9.17) is 11.6 Å². The van der Waals surface area contributed by atoms with Crippen molar-refractivity contribution in [3.63, 3.8) is 0 Å². The van der Waals surface area contributed by atoms with E-state index in [1.165, 1.54) is 30.0 Å². The van der Waals surface area contributed by atoms with Gasteiger partial charge in [0.2, 0.25) is 11.8 Å². The molecule has 2 heterocycles. The molecule has 176 valence electrons. The maximum absolute atomic E-state index is 15.3. The Morgan fingerprint density at radius 3 is 2.91 bits per heavy atom. The number of aromatic amines is 1. The van der Waals surface area contributed by atoms with Crippen molar-refractivity contribution in [3.8, 4) is 11.1 Å². The topological polar surface area (TPSA) is 99.8 Å². The highest BCUT2D eigenvalue weighted by molar-refractivity contribution is 7.99. The van der Waals surface area contributed by atoms with Crippen LogP contribution in [0.25, 0.3) is 32.2 Å². The largest absolute Gasteiger partial charge is 0.356 e. The molecule has 2 aromatic heterocycles. The monoisotopic (exact) mass is 521 g/mol. The van der Waals surface area contributed by atoms with Gasteiger partial charge in [-0.15, -0.1) is 11.8 Å². The third-order valence-electron chi connectivity index (χ3n) is 5.43. The first kappa shape index (κ1) is 23.0. The molecule has 2 atom stereocenters. The second-order valence-corrected chi connectivity index (χ2v) is 10.4. The Labute approximate surface area is 205 Å². The minimum absolute atomic E-state index is 0.0314. The van der Waals surface area contributed by atoms with Crippen molar-refractivity contribution in [2.75, 3.05) is 17.6 Å². The first-order chi connectivity index (χ1) is 16.3. The average molecular weight is 522 g/mol. The summed E-state index contributed by atoms with van der Waals surface area (Å²) in [6.07, 6.45) is 0.758. The summed E-state index contributed by atoms with van der Waals surface area (Å²) in [6.45, 7) is 1.81. The number of rotatable bonds is 7. The molecule has 34 heavy (non-hydrogen) atoms. The molecule has 1 aliphatic carbocycles. The van der Waals surface area contributed by atoms with Crippen molar-refractivity contribution in [2.45, 2.75) is 24.4 Å². The van der Waals surface area contributed by atoms with Crippen LogP contribution in [0.2, 0.25) is 5.02 Å². The molecule has 1 saturated carbocycles. The van der Waals surface area contributed by atoms with Gasteiger partial charge < -0.3 is 10.6 Å². The lowest BCUT2D eigenvalue weighted by Crippen LogP contribution is -2.22. The molecule has 7 nitrogen and oxygen atoms in total. The van der Waals surface area contributed by atoms with Gasteiger partial charge in [-0.3, -0.25) is 14.7 Å². The maximum Gasteiger partial charge on any atom is 0.232 e. The summed E-state index contributed by atoms with van der Waals surface area (Å²) in [7, 11) is 0. The van der Waals surface area contributed by atoms with E-state index < -0.39 is 17.9 Å². The molecule has 0 aliphatic heterocycles. The number of fused-ring (bicyclic) bond motifs is 2. The quantitative estimate of drug-likeness (QED) is 0.230. The summed E-state index contributed by atoms with van der Waals surface area (Å²) < 4.78 is 29.3. The zero-order valence-corrected chi connectivity index (χ0v) is 20.1. The highest BCUT2D eigenvalue weighted by Gasteiger charge is 2.43. The van der Waals surface area contributed by atoms with Crippen molar-refractivity contribution in [1.82, 2.24) is 20.5 Å². The molecule has 1 aliphatic rings. The van der Waals surface area contributed by atoms with Gasteiger partial charge in [0.25, 0.3) is 0 Å². The number of thiazole rings is 1. The first-order valence-electron chi connectivity index (χ1n) is 10.4. The molecule has 0 unspecified atom stereocenters.